The fourth-order valence-electron chi connectivity index (χ4n) is 0.992. The summed E-state index contributed by atoms with van der Waals surface area (Å²) in [6.45, 7) is 1.68. The van der Waals surface area contributed by atoms with E-state index in [1.807, 2.05) is 29.1 Å². The van der Waals surface area contributed by atoms with Gasteiger partial charge in [-0.05, 0) is 12.1 Å². The van der Waals surface area contributed by atoms with E-state index >= 15 is 0 Å². The molecule has 0 spiro atoms. The standard InChI is InChI=1S/C7H9N2O/c1-2-5-9(4-1)7-8-3-6-10-7/h1-2,4-5,8H,3,6H2. The number of hydrogen-bond acceptors (Lipinski definition) is 2. The number of ether oxygens (including phenoxy) is 1. The lowest BCUT2D eigenvalue weighted by Crippen LogP contribution is -2.20. The number of aromatic nitrogens is 1. The van der Waals surface area contributed by atoms with Crippen LogP contribution in [0.15, 0.2) is 24.5 Å². The molecule has 0 aliphatic carbocycles. The van der Waals surface area contributed by atoms with Gasteiger partial charge in [-0.3, -0.25) is 5.32 Å². The highest BCUT2D eigenvalue weighted by Gasteiger charge is 2.16. The molecule has 3 heteroatoms. The Morgan fingerprint density at radius 2 is 2.20 bits per heavy atom. The van der Waals surface area contributed by atoms with Gasteiger partial charge in [-0.2, -0.15) is 0 Å². The van der Waals surface area contributed by atoms with Crippen LogP contribution in [0, 0.1) is 6.35 Å². The van der Waals surface area contributed by atoms with E-state index in [1.54, 1.807) is 0 Å². The zero-order chi connectivity index (χ0) is 6.81. The summed E-state index contributed by atoms with van der Waals surface area (Å²) in [4.78, 5) is 0. The molecule has 1 saturated heterocycles. The Bertz CT molecular complexity index is 189. The smallest absolute Gasteiger partial charge is 0.267 e. The molecule has 1 aliphatic heterocycles. The predicted molar refractivity (Wildman–Crippen MR) is 37.0 cm³/mol. The van der Waals surface area contributed by atoms with Crippen LogP contribution in [-0.2, 0) is 4.74 Å². The van der Waals surface area contributed by atoms with Crippen molar-refractivity contribution < 1.29 is 4.74 Å². The molecule has 0 aromatic carbocycles. The summed E-state index contributed by atoms with van der Waals surface area (Å²) >= 11 is 0. The molecule has 1 N–H and O–H groups in total. The Balaban J connectivity index is 2.12. The lowest BCUT2D eigenvalue weighted by molar-refractivity contribution is 0.173. The van der Waals surface area contributed by atoms with Gasteiger partial charge in [-0.15, -0.1) is 0 Å². The molecule has 0 amide bonds. The molecule has 1 aromatic rings. The van der Waals surface area contributed by atoms with E-state index in [0.717, 1.165) is 19.5 Å². The van der Waals surface area contributed by atoms with E-state index in [2.05, 4.69) is 5.32 Å². The van der Waals surface area contributed by atoms with Gasteiger partial charge in [0, 0.05) is 18.9 Å². The van der Waals surface area contributed by atoms with Gasteiger partial charge in [0.25, 0.3) is 6.35 Å². The van der Waals surface area contributed by atoms with Crippen LogP contribution in [0.3, 0.4) is 0 Å². The van der Waals surface area contributed by atoms with Crippen molar-refractivity contribution in [2.45, 2.75) is 0 Å². The molecule has 1 aliphatic rings. The van der Waals surface area contributed by atoms with E-state index in [9.17, 15) is 0 Å². The number of nitrogens with one attached hydrogen (secondary N) is 1. The van der Waals surface area contributed by atoms with Crippen LogP contribution in [0.5, 0.6) is 0 Å². The summed E-state index contributed by atoms with van der Waals surface area (Å²) in [6.07, 6.45) is 4.74. The van der Waals surface area contributed by atoms with Gasteiger partial charge < -0.3 is 9.30 Å². The van der Waals surface area contributed by atoms with Crippen molar-refractivity contribution in [1.82, 2.24) is 9.88 Å². The lowest BCUT2D eigenvalue weighted by atomic mass is 10.7. The second-order valence-electron chi connectivity index (χ2n) is 2.17. The second-order valence-corrected chi connectivity index (χ2v) is 2.17. The Morgan fingerprint density at radius 3 is 2.80 bits per heavy atom. The maximum absolute atomic E-state index is 5.27. The fourth-order valence-corrected chi connectivity index (χ4v) is 0.992. The minimum absolute atomic E-state index is 0.771. The molecule has 0 atom stereocenters. The highest BCUT2D eigenvalue weighted by atomic mass is 16.5. The molecular formula is C7H9N2O. The zero-order valence-electron chi connectivity index (χ0n) is 5.58. The summed E-state index contributed by atoms with van der Waals surface area (Å²) in [5.74, 6) is 0. The first-order chi connectivity index (χ1) is 4.97. The first-order valence-corrected chi connectivity index (χ1v) is 3.34. The minimum atomic E-state index is 0.771. The van der Waals surface area contributed by atoms with Gasteiger partial charge in [0.2, 0.25) is 0 Å². The van der Waals surface area contributed by atoms with E-state index < -0.39 is 0 Å². The van der Waals surface area contributed by atoms with E-state index in [0.29, 0.717) is 0 Å². The molecule has 0 saturated carbocycles. The van der Waals surface area contributed by atoms with Crippen molar-refractivity contribution >= 4 is 0 Å². The first-order valence-electron chi connectivity index (χ1n) is 3.34. The van der Waals surface area contributed by atoms with E-state index in [1.165, 1.54) is 0 Å². The Kier molecular flexibility index (Phi) is 1.45. The Labute approximate surface area is 59.6 Å². The van der Waals surface area contributed by atoms with Crippen molar-refractivity contribution in [3.8, 4) is 0 Å². The first kappa shape index (κ1) is 5.95. The molecule has 1 fully saturated rings. The summed E-state index contributed by atoms with van der Waals surface area (Å²) in [5, 5.41) is 3.12. The molecular weight excluding hydrogens is 128 g/mol. The zero-order valence-corrected chi connectivity index (χ0v) is 5.58. The van der Waals surface area contributed by atoms with E-state index in [-0.39, 0.29) is 0 Å². The van der Waals surface area contributed by atoms with Crippen LogP contribution < -0.4 is 5.32 Å². The lowest BCUT2D eigenvalue weighted by Gasteiger charge is -2.07. The average molecular weight is 137 g/mol. The quantitative estimate of drug-likeness (QED) is 0.606. The second kappa shape index (κ2) is 2.44. The van der Waals surface area contributed by atoms with Gasteiger partial charge in [0.1, 0.15) is 0 Å². The van der Waals surface area contributed by atoms with Crippen LogP contribution >= 0.6 is 0 Å². The minimum Gasteiger partial charge on any atom is -0.336 e. The molecule has 3 nitrogen and oxygen atoms in total. The van der Waals surface area contributed by atoms with Crippen molar-refractivity contribution in [2.24, 2.45) is 0 Å². The maximum Gasteiger partial charge on any atom is 0.267 e. The Hall–Kier alpha value is -0.800. The molecule has 2 heterocycles. The Morgan fingerprint density at radius 1 is 1.40 bits per heavy atom. The third-order valence-corrected chi connectivity index (χ3v) is 1.46. The van der Waals surface area contributed by atoms with Crippen LogP contribution in [0.4, 0.5) is 0 Å². The molecule has 0 unspecified atom stereocenters. The molecule has 53 valence electrons. The SMILES string of the molecule is c1ccn([C]2NCCO2)c1. The van der Waals surface area contributed by atoms with Crippen LogP contribution in [-0.4, -0.2) is 17.7 Å². The fraction of sp³-hybridized carbons (Fsp3) is 0.286. The van der Waals surface area contributed by atoms with E-state index in [4.69, 9.17) is 4.74 Å². The van der Waals surface area contributed by atoms with Gasteiger partial charge in [-0.25, -0.2) is 0 Å². The van der Waals surface area contributed by atoms with Gasteiger partial charge in [0.15, 0.2) is 0 Å². The van der Waals surface area contributed by atoms with Crippen molar-refractivity contribution in [3.63, 3.8) is 0 Å². The third kappa shape index (κ3) is 0.936. The van der Waals surface area contributed by atoms with Crippen molar-refractivity contribution in [3.05, 3.63) is 30.9 Å². The van der Waals surface area contributed by atoms with Gasteiger partial charge in [-0.1, -0.05) is 0 Å². The van der Waals surface area contributed by atoms with Crippen LogP contribution in [0.25, 0.3) is 0 Å². The summed E-state index contributed by atoms with van der Waals surface area (Å²) in [6, 6.07) is 3.94. The normalized spacial score (nSPS) is 20.0. The number of rotatable bonds is 1. The molecule has 1 radical (unpaired) electrons. The van der Waals surface area contributed by atoms with Crippen LogP contribution in [0.2, 0.25) is 0 Å². The molecule has 0 bridgehead atoms. The molecule has 10 heavy (non-hydrogen) atoms. The van der Waals surface area contributed by atoms with Gasteiger partial charge in [0.05, 0.1) is 6.61 Å². The maximum atomic E-state index is 5.27. The van der Waals surface area contributed by atoms with Crippen LogP contribution in [0.1, 0.15) is 0 Å². The summed E-state index contributed by atoms with van der Waals surface area (Å²) in [5.41, 5.74) is 0. The summed E-state index contributed by atoms with van der Waals surface area (Å²) < 4.78 is 7.19. The van der Waals surface area contributed by atoms with Gasteiger partial charge >= 0.3 is 0 Å². The summed E-state index contributed by atoms with van der Waals surface area (Å²) in [7, 11) is 0. The predicted octanol–water partition coefficient (Wildman–Crippen LogP) is 0.403. The largest absolute Gasteiger partial charge is 0.336 e. The van der Waals surface area contributed by atoms with Crippen molar-refractivity contribution in [2.75, 3.05) is 13.2 Å². The monoisotopic (exact) mass is 137 g/mol. The average Bonchev–Trinajstić information content (AvgIpc) is 2.59. The number of nitrogens with zero attached hydrogens (tertiary/aromatic N) is 1. The molecule has 2 rings (SSSR count). The third-order valence-electron chi connectivity index (χ3n) is 1.46. The highest BCUT2D eigenvalue weighted by molar-refractivity contribution is 4.98. The molecule has 1 aromatic heterocycles. The number of hydrogen-bond donors (Lipinski definition) is 1. The highest BCUT2D eigenvalue weighted by Crippen LogP contribution is 2.07. The topological polar surface area (TPSA) is 26.2 Å². The van der Waals surface area contributed by atoms with Crippen molar-refractivity contribution in [1.29, 1.82) is 0 Å².